The maximum atomic E-state index is 13.4. The van der Waals surface area contributed by atoms with E-state index in [1.165, 1.54) is 44.2 Å². The second-order valence-corrected chi connectivity index (χ2v) is 16.2. The van der Waals surface area contributed by atoms with Crippen LogP contribution in [0.4, 0.5) is 4.39 Å². The van der Waals surface area contributed by atoms with Gasteiger partial charge in [-0.3, -0.25) is 0 Å². The molecule has 172 valence electrons. The predicted molar refractivity (Wildman–Crippen MR) is 127 cm³/mol. The Balaban J connectivity index is 1.72. The molecule has 1 aromatic carbocycles. The van der Waals surface area contributed by atoms with Crippen LogP contribution in [0.1, 0.15) is 84.8 Å². The van der Waals surface area contributed by atoms with Crippen molar-refractivity contribution in [2.45, 2.75) is 109 Å². The van der Waals surface area contributed by atoms with Gasteiger partial charge < -0.3 is 14.8 Å². The van der Waals surface area contributed by atoms with Gasteiger partial charge in [0.05, 0.1) is 6.10 Å². The van der Waals surface area contributed by atoms with Crippen LogP contribution in [-0.4, -0.2) is 31.6 Å². The van der Waals surface area contributed by atoms with E-state index < -0.39 is 14.4 Å². The van der Waals surface area contributed by atoms with Gasteiger partial charge in [-0.1, -0.05) is 32.9 Å². The molecular formula is C25H44FNO2Si. The van der Waals surface area contributed by atoms with Crippen molar-refractivity contribution in [1.82, 2.24) is 5.32 Å². The van der Waals surface area contributed by atoms with Crippen LogP contribution in [0.2, 0.25) is 18.1 Å². The number of β-amino-alcohol motifs (C(OH)–C–C–N with tert-alkyl or cyclic N) is 1. The van der Waals surface area contributed by atoms with Crippen LogP contribution < -0.4 is 5.32 Å². The SMILES string of the molecule is CC(C)(CCC1CCC(O[Si](C)(C)C(C)(C)C)CC1)NC[C@H](O)c1cccc(F)c1. The summed E-state index contributed by atoms with van der Waals surface area (Å²) < 4.78 is 20.0. The molecule has 2 N–H and O–H groups in total. The molecule has 0 aliphatic heterocycles. The van der Waals surface area contributed by atoms with Crippen LogP contribution in [0, 0.1) is 11.7 Å². The van der Waals surface area contributed by atoms with E-state index in [9.17, 15) is 9.50 Å². The minimum absolute atomic E-state index is 0.0528. The van der Waals surface area contributed by atoms with Gasteiger partial charge in [0.1, 0.15) is 5.82 Å². The lowest BCUT2D eigenvalue weighted by Crippen LogP contribution is -2.45. The van der Waals surface area contributed by atoms with Gasteiger partial charge in [0.15, 0.2) is 8.32 Å². The fraction of sp³-hybridized carbons (Fsp3) is 0.760. The highest BCUT2D eigenvalue weighted by atomic mass is 28.4. The molecular weight excluding hydrogens is 393 g/mol. The molecule has 1 saturated carbocycles. The Morgan fingerprint density at radius 3 is 2.33 bits per heavy atom. The average Bonchev–Trinajstić information content (AvgIpc) is 2.64. The Labute approximate surface area is 184 Å². The van der Waals surface area contributed by atoms with E-state index in [0.29, 0.717) is 18.2 Å². The zero-order valence-corrected chi connectivity index (χ0v) is 21.2. The third-order valence-corrected chi connectivity index (χ3v) is 11.8. The number of rotatable bonds is 9. The summed E-state index contributed by atoms with van der Waals surface area (Å²) in [5.41, 5.74) is 0.571. The van der Waals surface area contributed by atoms with E-state index in [1.807, 2.05) is 0 Å². The fourth-order valence-corrected chi connectivity index (χ4v) is 5.41. The molecule has 1 aliphatic rings. The lowest BCUT2D eigenvalue weighted by Gasteiger charge is -2.41. The molecule has 1 aromatic rings. The van der Waals surface area contributed by atoms with Gasteiger partial charge in [0.2, 0.25) is 0 Å². The quantitative estimate of drug-likeness (QED) is 0.428. The third-order valence-electron chi connectivity index (χ3n) is 7.25. The number of hydrogen-bond acceptors (Lipinski definition) is 3. The highest BCUT2D eigenvalue weighted by molar-refractivity contribution is 6.74. The Bertz CT molecular complexity index is 663. The van der Waals surface area contributed by atoms with Crippen molar-refractivity contribution >= 4 is 8.32 Å². The largest absolute Gasteiger partial charge is 0.414 e. The molecule has 0 radical (unpaired) electrons. The molecule has 0 bridgehead atoms. The van der Waals surface area contributed by atoms with Gasteiger partial charge in [-0.25, -0.2) is 4.39 Å². The number of aliphatic hydroxyl groups excluding tert-OH is 1. The predicted octanol–water partition coefficient (Wildman–Crippen LogP) is 6.59. The highest BCUT2D eigenvalue weighted by Gasteiger charge is 2.39. The lowest BCUT2D eigenvalue weighted by molar-refractivity contribution is 0.110. The molecule has 1 atom stereocenters. The van der Waals surface area contributed by atoms with Crippen molar-refractivity contribution in [3.8, 4) is 0 Å². The molecule has 1 aliphatic carbocycles. The number of hydrogen-bond donors (Lipinski definition) is 2. The zero-order chi connectivity index (χ0) is 22.6. The van der Waals surface area contributed by atoms with Gasteiger partial charge in [-0.05, 0) is 94.1 Å². The van der Waals surface area contributed by atoms with Crippen LogP contribution in [0.25, 0.3) is 0 Å². The lowest BCUT2D eigenvalue weighted by atomic mass is 9.82. The zero-order valence-electron chi connectivity index (χ0n) is 20.2. The summed E-state index contributed by atoms with van der Waals surface area (Å²) in [6.07, 6.45) is 6.89. The van der Waals surface area contributed by atoms with Gasteiger partial charge in [0, 0.05) is 18.2 Å². The maximum Gasteiger partial charge on any atom is 0.192 e. The highest BCUT2D eigenvalue weighted by Crippen LogP contribution is 2.40. The maximum absolute atomic E-state index is 13.4. The van der Waals surface area contributed by atoms with E-state index in [-0.39, 0.29) is 16.4 Å². The van der Waals surface area contributed by atoms with Crippen molar-refractivity contribution in [3.05, 3.63) is 35.6 Å². The molecule has 0 spiro atoms. The van der Waals surface area contributed by atoms with Gasteiger partial charge in [-0.15, -0.1) is 0 Å². The number of benzene rings is 1. The van der Waals surface area contributed by atoms with Crippen molar-refractivity contribution in [2.24, 2.45) is 5.92 Å². The van der Waals surface area contributed by atoms with Gasteiger partial charge in [-0.2, -0.15) is 0 Å². The Hall–Kier alpha value is -0.753. The first-order valence-electron chi connectivity index (χ1n) is 11.7. The van der Waals surface area contributed by atoms with E-state index in [4.69, 9.17) is 4.43 Å². The van der Waals surface area contributed by atoms with E-state index in [1.54, 1.807) is 12.1 Å². The van der Waals surface area contributed by atoms with Gasteiger partial charge in [0.25, 0.3) is 0 Å². The van der Waals surface area contributed by atoms with E-state index in [0.717, 1.165) is 12.3 Å². The van der Waals surface area contributed by atoms with Crippen LogP contribution >= 0.6 is 0 Å². The molecule has 0 unspecified atom stereocenters. The van der Waals surface area contributed by atoms with Crippen molar-refractivity contribution in [2.75, 3.05) is 6.54 Å². The Morgan fingerprint density at radius 1 is 1.13 bits per heavy atom. The first-order valence-corrected chi connectivity index (χ1v) is 14.6. The summed E-state index contributed by atoms with van der Waals surface area (Å²) in [7, 11) is -1.67. The molecule has 0 heterocycles. The van der Waals surface area contributed by atoms with Crippen molar-refractivity contribution < 1.29 is 13.9 Å². The summed E-state index contributed by atoms with van der Waals surface area (Å²) in [5.74, 6) is 0.456. The van der Waals surface area contributed by atoms with Crippen LogP contribution in [0.15, 0.2) is 24.3 Å². The van der Waals surface area contributed by atoms with Crippen molar-refractivity contribution in [3.63, 3.8) is 0 Å². The molecule has 2 rings (SSSR count). The fourth-order valence-electron chi connectivity index (χ4n) is 3.99. The first-order chi connectivity index (χ1) is 13.8. The third kappa shape index (κ3) is 7.74. The monoisotopic (exact) mass is 437 g/mol. The normalized spacial score (nSPS) is 22.2. The van der Waals surface area contributed by atoms with Crippen LogP contribution in [0.3, 0.4) is 0 Å². The molecule has 0 saturated heterocycles. The molecule has 0 aromatic heterocycles. The number of nitrogens with one attached hydrogen (secondary N) is 1. The van der Waals surface area contributed by atoms with E-state index in [2.05, 4.69) is 53.0 Å². The molecule has 5 heteroatoms. The molecule has 1 fully saturated rings. The first kappa shape index (κ1) is 25.5. The summed E-state index contributed by atoms with van der Waals surface area (Å²) in [4.78, 5) is 0. The van der Waals surface area contributed by atoms with Crippen LogP contribution in [-0.2, 0) is 4.43 Å². The summed E-state index contributed by atoms with van der Waals surface area (Å²) in [6, 6.07) is 6.22. The molecule has 0 amide bonds. The second-order valence-electron chi connectivity index (χ2n) is 11.4. The number of aliphatic hydroxyl groups is 1. The average molecular weight is 438 g/mol. The molecule has 3 nitrogen and oxygen atoms in total. The summed E-state index contributed by atoms with van der Waals surface area (Å²) in [6.45, 7) is 16.5. The van der Waals surface area contributed by atoms with Gasteiger partial charge >= 0.3 is 0 Å². The minimum atomic E-state index is -1.67. The summed E-state index contributed by atoms with van der Waals surface area (Å²) in [5, 5.41) is 14.1. The Morgan fingerprint density at radius 2 is 1.77 bits per heavy atom. The minimum Gasteiger partial charge on any atom is -0.414 e. The Kier molecular flexibility index (Phi) is 8.71. The second kappa shape index (κ2) is 10.2. The molecule has 30 heavy (non-hydrogen) atoms. The van der Waals surface area contributed by atoms with Crippen LogP contribution in [0.5, 0.6) is 0 Å². The number of halogens is 1. The standard InChI is InChI=1S/C25H44FNO2Si/c1-24(2,3)30(6,7)29-22-13-11-19(12-14-22)15-16-25(4,5)27-18-23(28)20-9-8-10-21(26)17-20/h8-10,17,19,22-23,27-28H,11-16,18H2,1-7H3/t19?,22?,23-/m0/s1. The van der Waals surface area contributed by atoms with Crippen molar-refractivity contribution in [1.29, 1.82) is 0 Å². The summed E-state index contributed by atoms with van der Waals surface area (Å²) >= 11 is 0. The van der Waals surface area contributed by atoms with E-state index >= 15 is 0 Å². The topological polar surface area (TPSA) is 41.5 Å². The smallest absolute Gasteiger partial charge is 0.192 e.